The molecule has 10 heteroatoms. The molecule has 0 spiro atoms. The zero-order chi connectivity index (χ0) is 16.4. The van der Waals surface area contributed by atoms with Crippen molar-refractivity contribution in [2.75, 3.05) is 11.9 Å². The van der Waals surface area contributed by atoms with E-state index in [2.05, 4.69) is 10.3 Å². The minimum absolute atomic E-state index is 0.0209. The van der Waals surface area contributed by atoms with Gasteiger partial charge in [-0.3, -0.25) is 9.36 Å². The minimum Gasteiger partial charge on any atom is -0.394 e. The molecule has 0 saturated carbocycles. The third-order valence-electron chi connectivity index (χ3n) is 3.27. The fourth-order valence-electron chi connectivity index (χ4n) is 2.18. The highest BCUT2D eigenvalue weighted by molar-refractivity contribution is 5.88. The molecule has 1 saturated heterocycles. The van der Waals surface area contributed by atoms with Crippen LogP contribution in [-0.4, -0.2) is 55.7 Å². The third kappa shape index (κ3) is 3.00. The lowest BCUT2D eigenvalue weighted by Crippen LogP contribution is -2.36. The molecule has 1 aliphatic heterocycles. The normalized spacial score (nSPS) is 27.9. The molecule has 1 amide bonds. The molecule has 1 fully saturated rings. The van der Waals surface area contributed by atoms with Crippen LogP contribution in [-0.2, 0) is 21.2 Å². The van der Waals surface area contributed by atoms with Crippen molar-refractivity contribution in [3.63, 3.8) is 0 Å². The van der Waals surface area contributed by atoms with E-state index < -0.39 is 49.4 Å². The van der Waals surface area contributed by atoms with Crippen LogP contribution >= 0.6 is 0 Å². The van der Waals surface area contributed by atoms with Crippen LogP contribution in [0.1, 0.15) is 18.7 Å². The molecular weight excluding hydrogens is 298 g/mol. The van der Waals surface area contributed by atoms with Crippen molar-refractivity contribution in [3.05, 3.63) is 22.2 Å². The number of aliphatic hydroxyl groups is 3. The Bertz CT molecular complexity index is 617. The molecule has 0 aromatic carbocycles. The first kappa shape index (κ1) is 16.5. The van der Waals surface area contributed by atoms with E-state index in [0.29, 0.717) is 0 Å². The molecule has 0 unspecified atom stereocenters. The lowest BCUT2D eigenvalue weighted by molar-refractivity contribution is -0.114. The average Bonchev–Trinajstić information content (AvgIpc) is 2.75. The Morgan fingerprint density at radius 3 is 2.64 bits per heavy atom. The van der Waals surface area contributed by atoms with Crippen LogP contribution < -0.4 is 11.0 Å². The lowest BCUT2D eigenvalue weighted by Gasteiger charge is -2.18. The first-order valence-corrected chi connectivity index (χ1v) is 6.49. The zero-order valence-electron chi connectivity index (χ0n) is 11.7. The summed E-state index contributed by atoms with van der Waals surface area (Å²) in [5.41, 5.74) is -0.858. The largest absolute Gasteiger partial charge is 0.394 e. The number of hydrogen-bond donors (Lipinski definition) is 4. The number of anilines is 1. The quantitative estimate of drug-likeness (QED) is 0.489. The molecule has 2 rings (SSSR count). The summed E-state index contributed by atoms with van der Waals surface area (Å²) in [7, 11) is 0. The van der Waals surface area contributed by atoms with E-state index >= 15 is 0 Å². The summed E-state index contributed by atoms with van der Waals surface area (Å²) in [6, 6.07) is 0. The van der Waals surface area contributed by atoms with Gasteiger partial charge < -0.3 is 25.4 Å². The first-order chi connectivity index (χ1) is 10.4. The van der Waals surface area contributed by atoms with Gasteiger partial charge >= 0.3 is 5.69 Å². The van der Waals surface area contributed by atoms with Gasteiger partial charge in [-0.15, -0.1) is 0 Å². The fourth-order valence-corrected chi connectivity index (χ4v) is 2.18. The molecule has 1 aliphatic rings. The average molecular weight is 314 g/mol. The van der Waals surface area contributed by atoms with E-state index in [1.165, 1.54) is 6.92 Å². The van der Waals surface area contributed by atoms with E-state index in [4.69, 9.17) is 9.84 Å². The van der Waals surface area contributed by atoms with Crippen LogP contribution in [0.5, 0.6) is 0 Å². The highest BCUT2D eigenvalue weighted by atomic mass is 16.6. The highest BCUT2D eigenvalue weighted by Crippen LogP contribution is 2.28. The summed E-state index contributed by atoms with van der Waals surface area (Å²) >= 11 is 0. The maximum atomic E-state index is 12.0. The number of aromatic nitrogens is 2. The van der Waals surface area contributed by atoms with Gasteiger partial charge in [0.1, 0.15) is 30.7 Å². The van der Waals surface area contributed by atoms with Crippen LogP contribution in [0.3, 0.4) is 0 Å². The molecule has 0 aliphatic carbocycles. The number of aliphatic hydroxyl groups excluding tert-OH is 3. The van der Waals surface area contributed by atoms with Gasteiger partial charge in [0, 0.05) is 18.7 Å². The lowest BCUT2D eigenvalue weighted by atomic mass is 10.1. The molecule has 2 heterocycles. The van der Waals surface area contributed by atoms with Crippen LogP contribution in [0, 0.1) is 0 Å². The Kier molecular flexibility index (Phi) is 4.88. The second-order valence-electron chi connectivity index (χ2n) is 4.86. The van der Waals surface area contributed by atoms with Gasteiger partial charge in [-0.1, -0.05) is 0 Å². The highest BCUT2D eigenvalue weighted by Gasteiger charge is 2.43. The van der Waals surface area contributed by atoms with E-state index in [9.17, 15) is 24.9 Å². The second-order valence-corrected chi connectivity index (χ2v) is 4.86. The van der Waals surface area contributed by atoms with E-state index in [1.807, 2.05) is 0 Å². The van der Waals surface area contributed by atoms with Crippen LogP contribution in [0.2, 0.25) is 0 Å². The number of carbonyl (C=O) groups is 1. The number of ether oxygens (including phenoxy) is 1. The number of carbonyl (C=O) groups excluding carboxylic acids is 1. The van der Waals surface area contributed by atoms with Crippen molar-refractivity contribution < 1.29 is 30.0 Å². The Hall–Kier alpha value is -1.85. The number of rotatable bonds is 4. The van der Waals surface area contributed by atoms with Gasteiger partial charge in [0.2, 0.25) is 5.91 Å². The summed E-state index contributed by atoms with van der Waals surface area (Å²) in [5.74, 6) is -0.650. The monoisotopic (exact) mass is 314 g/mol. The first-order valence-electron chi connectivity index (χ1n) is 6.49. The SMILES string of the molecule is CC(=O)Nc1nc(=O)n([C@@H]2O[C@H](CO)[C@@H](O)[C@H]2O)cc1C[O]. The summed E-state index contributed by atoms with van der Waals surface area (Å²) in [5, 5.41) is 42.1. The fraction of sp³-hybridized carbons (Fsp3) is 0.583. The molecule has 4 N–H and O–H groups in total. The molecule has 4 atom stereocenters. The van der Waals surface area contributed by atoms with Crippen molar-refractivity contribution in [1.82, 2.24) is 9.55 Å². The summed E-state index contributed by atoms with van der Waals surface area (Å²) < 4.78 is 6.06. The van der Waals surface area contributed by atoms with Gasteiger partial charge in [-0.25, -0.2) is 9.90 Å². The van der Waals surface area contributed by atoms with E-state index in [-0.39, 0.29) is 11.4 Å². The summed E-state index contributed by atoms with van der Waals surface area (Å²) in [6.07, 6.45) is -4.09. The van der Waals surface area contributed by atoms with E-state index in [1.54, 1.807) is 0 Å². The standard InChI is InChI=1S/C12H16N3O7/c1-5(18)13-10-6(3-16)2-15(12(21)14-10)11-9(20)8(19)7(4-17)22-11/h2,7-9,11,17,19-20H,3-4H2,1H3,(H,13,14,18,21)/t7-,8-,9-,11-/m1/s1. The van der Waals surface area contributed by atoms with Crippen LogP contribution in [0.4, 0.5) is 5.82 Å². The maximum absolute atomic E-state index is 12.0. The zero-order valence-corrected chi connectivity index (χ0v) is 11.7. The maximum Gasteiger partial charge on any atom is 0.351 e. The Labute approximate surface area is 124 Å². The smallest absolute Gasteiger partial charge is 0.351 e. The predicted octanol–water partition coefficient (Wildman–Crippen LogP) is -2.26. The number of amides is 1. The molecular formula is C12H16N3O7. The number of nitrogens with one attached hydrogen (secondary N) is 1. The molecule has 1 radical (unpaired) electrons. The second kappa shape index (κ2) is 6.50. The summed E-state index contributed by atoms with van der Waals surface area (Å²) in [4.78, 5) is 26.6. The Morgan fingerprint density at radius 1 is 1.45 bits per heavy atom. The van der Waals surface area contributed by atoms with Gasteiger partial charge in [0.15, 0.2) is 6.23 Å². The van der Waals surface area contributed by atoms with Crippen molar-refractivity contribution in [3.8, 4) is 0 Å². The third-order valence-corrected chi connectivity index (χ3v) is 3.27. The molecule has 0 bridgehead atoms. The minimum atomic E-state index is -1.47. The van der Waals surface area contributed by atoms with Crippen molar-refractivity contribution in [2.45, 2.75) is 38.1 Å². The molecule has 10 nitrogen and oxygen atoms in total. The molecule has 1 aromatic rings. The van der Waals surface area contributed by atoms with Crippen molar-refractivity contribution in [1.29, 1.82) is 0 Å². The van der Waals surface area contributed by atoms with Crippen molar-refractivity contribution in [2.24, 2.45) is 0 Å². The van der Waals surface area contributed by atoms with Gasteiger partial charge in [-0.2, -0.15) is 4.98 Å². The molecule has 22 heavy (non-hydrogen) atoms. The molecule has 121 valence electrons. The Morgan fingerprint density at radius 2 is 2.14 bits per heavy atom. The topological polar surface area (TPSA) is 154 Å². The van der Waals surface area contributed by atoms with Gasteiger partial charge in [0.05, 0.1) is 6.61 Å². The summed E-state index contributed by atoms with van der Waals surface area (Å²) in [6.45, 7) is -0.110. The molecule has 1 aromatic heterocycles. The van der Waals surface area contributed by atoms with Crippen LogP contribution in [0.25, 0.3) is 0 Å². The van der Waals surface area contributed by atoms with Crippen LogP contribution in [0.15, 0.2) is 11.0 Å². The van der Waals surface area contributed by atoms with Crippen molar-refractivity contribution >= 4 is 11.7 Å². The number of nitrogens with zero attached hydrogens (tertiary/aromatic N) is 2. The predicted molar refractivity (Wildman–Crippen MR) is 70.2 cm³/mol. The van der Waals surface area contributed by atoms with E-state index in [0.717, 1.165) is 10.8 Å². The number of hydrogen-bond acceptors (Lipinski definition) is 7. The Balaban J connectivity index is 2.40. The van der Waals surface area contributed by atoms with Gasteiger partial charge in [-0.05, 0) is 0 Å². The van der Waals surface area contributed by atoms with Gasteiger partial charge in [0.25, 0.3) is 0 Å².